The van der Waals surface area contributed by atoms with E-state index in [-0.39, 0.29) is 5.92 Å². The van der Waals surface area contributed by atoms with Crippen LogP contribution in [0.15, 0.2) is 0 Å². The number of hydrogen-bond donors (Lipinski definition) is 2. The molecule has 1 amide bonds. The summed E-state index contributed by atoms with van der Waals surface area (Å²) in [5, 5.41) is 8.60. The summed E-state index contributed by atoms with van der Waals surface area (Å²) in [5.41, 5.74) is 0. The SMILES string of the molecule is CC(C)CC(NS(C)(=O)=O)C(=O)N(C)CC(=O)O. The van der Waals surface area contributed by atoms with Gasteiger partial charge in [0.15, 0.2) is 0 Å². The van der Waals surface area contributed by atoms with Crippen LogP contribution in [0, 0.1) is 5.92 Å². The zero-order valence-corrected chi connectivity index (χ0v) is 11.8. The smallest absolute Gasteiger partial charge is 0.323 e. The maximum atomic E-state index is 11.9. The van der Waals surface area contributed by atoms with E-state index in [9.17, 15) is 18.0 Å². The van der Waals surface area contributed by atoms with E-state index in [1.54, 1.807) is 0 Å². The van der Waals surface area contributed by atoms with E-state index in [1.165, 1.54) is 7.05 Å². The maximum Gasteiger partial charge on any atom is 0.323 e. The summed E-state index contributed by atoms with van der Waals surface area (Å²) in [4.78, 5) is 23.4. The van der Waals surface area contributed by atoms with E-state index < -0.39 is 34.5 Å². The van der Waals surface area contributed by atoms with Crippen molar-refractivity contribution < 1.29 is 23.1 Å². The van der Waals surface area contributed by atoms with Crippen LogP contribution < -0.4 is 4.72 Å². The first-order chi connectivity index (χ1) is 8.03. The monoisotopic (exact) mass is 280 g/mol. The molecule has 0 rings (SSSR count). The fourth-order valence-electron chi connectivity index (χ4n) is 1.48. The molecule has 2 N–H and O–H groups in total. The number of nitrogens with zero attached hydrogens (tertiary/aromatic N) is 1. The Morgan fingerprint density at radius 3 is 2.17 bits per heavy atom. The molecule has 1 unspecified atom stereocenters. The van der Waals surface area contributed by atoms with Crippen LogP contribution in [-0.2, 0) is 19.6 Å². The van der Waals surface area contributed by atoms with Crippen LogP contribution in [0.25, 0.3) is 0 Å². The van der Waals surface area contributed by atoms with Crippen molar-refractivity contribution in [3.05, 3.63) is 0 Å². The molecule has 18 heavy (non-hydrogen) atoms. The van der Waals surface area contributed by atoms with Crippen molar-refractivity contribution in [2.24, 2.45) is 5.92 Å². The van der Waals surface area contributed by atoms with Gasteiger partial charge in [-0.25, -0.2) is 13.1 Å². The van der Waals surface area contributed by atoms with Crippen LogP contribution in [0.3, 0.4) is 0 Å². The molecule has 8 heteroatoms. The molecule has 0 saturated carbocycles. The Balaban J connectivity index is 4.84. The number of hydrogen-bond acceptors (Lipinski definition) is 4. The van der Waals surface area contributed by atoms with E-state index in [0.29, 0.717) is 6.42 Å². The topological polar surface area (TPSA) is 104 Å². The number of carbonyl (C=O) groups excluding carboxylic acids is 1. The van der Waals surface area contributed by atoms with Gasteiger partial charge in [-0.15, -0.1) is 0 Å². The van der Waals surface area contributed by atoms with Gasteiger partial charge in [-0.2, -0.15) is 0 Å². The van der Waals surface area contributed by atoms with Gasteiger partial charge in [-0.1, -0.05) is 13.8 Å². The average Bonchev–Trinajstić information content (AvgIpc) is 2.11. The second kappa shape index (κ2) is 6.69. The molecule has 0 radical (unpaired) electrons. The van der Waals surface area contributed by atoms with Gasteiger partial charge in [0.1, 0.15) is 12.6 Å². The number of amides is 1. The van der Waals surface area contributed by atoms with Crippen molar-refractivity contribution in [2.75, 3.05) is 19.8 Å². The molecular formula is C10H20N2O5S. The maximum absolute atomic E-state index is 11.9. The lowest BCUT2D eigenvalue weighted by atomic mass is 10.0. The Morgan fingerprint density at radius 2 is 1.83 bits per heavy atom. The van der Waals surface area contributed by atoms with Crippen molar-refractivity contribution in [3.63, 3.8) is 0 Å². The molecule has 0 fully saturated rings. The summed E-state index contributed by atoms with van der Waals surface area (Å²) >= 11 is 0. The molecule has 106 valence electrons. The van der Waals surface area contributed by atoms with Crippen molar-refractivity contribution in [3.8, 4) is 0 Å². The third kappa shape index (κ3) is 7.23. The normalized spacial score (nSPS) is 13.4. The van der Waals surface area contributed by atoms with E-state index >= 15 is 0 Å². The minimum absolute atomic E-state index is 0.103. The molecule has 0 saturated heterocycles. The number of carboxylic acid groups (broad SMARTS) is 1. The van der Waals surface area contributed by atoms with E-state index in [2.05, 4.69) is 4.72 Å². The van der Waals surface area contributed by atoms with Crippen LogP contribution in [0.2, 0.25) is 0 Å². The van der Waals surface area contributed by atoms with Gasteiger partial charge in [-0.3, -0.25) is 9.59 Å². The largest absolute Gasteiger partial charge is 0.480 e. The van der Waals surface area contributed by atoms with E-state index in [4.69, 9.17) is 5.11 Å². The molecule has 0 heterocycles. The Morgan fingerprint density at radius 1 is 1.33 bits per heavy atom. The highest BCUT2D eigenvalue weighted by Crippen LogP contribution is 2.08. The Labute approximate surface area is 107 Å². The van der Waals surface area contributed by atoms with Gasteiger partial charge in [0.2, 0.25) is 15.9 Å². The third-order valence-electron chi connectivity index (χ3n) is 2.11. The molecular weight excluding hydrogens is 260 g/mol. The summed E-state index contributed by atoms with van der Waals surface area (Å²) in [5.74, 6) is -1.59. The standard InChI is InChI=1S/C10H20N2O5S/c1-7(2)5-8(11-18(4,16)17)10(15)12(3)6-9(13)14/h7-8,11H,5-6H2,1-4H3,(H,13,14). The first kappa shape index (κ1) is 16.9. The molecule has 0 bridgehead atoms. The Hall–Kier alpha value is -1.15. The van der Waals surface area contributed by atoms with Gasteiger partial charge in [0.05, 0.1) is 6.26 Å². The molecule has 0 spiro atoms. The molecule has 0 aliphatic carbocycles. The molecule has 0 aromatic carbocycles. The number of carboxylic acids is 1. The first-order valence-electron chi connectivity index (χ1n) is 5.47. The zero-order chi connectivity index (χ0) is 14.5. The minimum atomic E-state index is -3.52. The second-order valence-corrected chi connectivity index (χ2v) is 6.44. The lowest BCUT2D eigenvalue weighted by Gasteiger charge is -2.23. The predicted octanol–water partition coefficient (Wildman–Crippen LogP) is -0.507. The first-order valence-corrected chi connectivity index (χ1v) is 7.36. The van der Waals surface area contributed by atoms with Gasteiger partial charge >= 0.3 is 5.97 Å². The van der Waals surface area contributed by atoms with Crippen LogP contribution in [0.1, 0.15) is 20.3 Å². The summed E-state index contributed by atoms with van der Waals surface area (Å²) in [6.45, 7) is 3.24. The van der Waals surface area contributed by atoms with Crippen LogP contribution in [0.5, 0.6) is 0 Å². The number of likely N-dealkylation sites (N-methyl/N-ethyl adjacent to an activating group) is 1. The van der Waals surface area contributed by atoms with Gasteiger partial charge < -0.3 is 10.0 Å². The number of sulfonamides is 1. The number of carbonyl (C=O) groups is 2. The Kier molecular flexibility index (Phi) is 6.27. The summed E-state index contributed by atoms with van der Waals surface area (Å²) < 4.78 is 24.6. The zero-order valence-electron chi connectivity index (χ0n) is 11.0. The number of aliphatic carboxylic acids is 1. The summed E-state index contributed by atoms with van der Waals surface area (Å²) in [7, 11) is -2.19. The van der Waals surface area contributed by atoms with Crippen LogP contribution in [0.4, 0.5) is 0 Å². The Bertz CT molecular complexity index is 404. The predicted molar refractivity (Wildman–Crippen MR) is 66.5 cm³/mol. The van der Waals surface area contributed by atoms with Gasteiger partial charge in [-0.05, 0) is 12.3 Å². The third-order valence-corrected chi connectivity index (χ3v) is 2.82. The molecule has 0 aliphatic rings. The van der Waals surface area contributed by atoms with Crippen LogP contribution in [-0.4, -0.2) is 56.2 Å². The molecule has 7 nitrogen and oxygen atoms in total. The highest BCUT2D eigenvalue weighted by molar-refractivity contribution is 7.88. The van der Waals surface area contributed by atoms with Gasteiger partial charge in [0.25, 0.3) is 0 Å². The fourth-order valence-corrected chi connectivity index (χ4v) is 2.19. The highest BCUT2D eigenvalue weighted by atomic mass is 32.2. The highest BCUT2D eigenvalue weighted by Gasteiger charge is 2.26. The molecule has 0 aromatic rings. The summed E-state index contributed by atoms with van der Waals surface area (Å²) in [6, 6.07) is -0.927. The van der Waals surface area contributed by atoms with Crippen molar-refractivity contribution in [1.82, 2.24) is 9.62 Å². The lowest BCUT2D eigenvalue weighted by molar-refractivity contribution is -0.144. The number of rotatable bonds is 7. The molecule has 0 aromatic heterocycles. The quantitative estimate of drug-likeness (QED) is 0.654. The second-order valence-electron chi connectivity index (χ2n) is 4.66. The van der Waals surface area contributed by atoms with Crippen molar-refractivity contribution >= 4 is 21.9 Å². The van der Waals surface area contributed by atoms with E-state index in [1.807, 2.05) is 13.8 Å². The average molecular weight is 280 g/mol. The summed E-state index contributed by atoms with van der Waals surface area (Å²) in [6.07, 6.45) is 1.28. The molecule has 1 atom stereocenters. The fraction of sp³-hybridized carbons (Fsp3) is 0.800. The van der Waals surface area contributed by atoms with Gasteiger partial charge in [0, 0.05) is 7.05 Å². The van der Waals surface area contributed by atoms with Crippen molar-refractivity contribution in [2.45, 2.75) is 26.3 Å². The van der Waals surface area contributed by atoms with Crippen molar-refractivity contribution in [1.29, 1.82) is 0 Å². The minimum Gasteiger partial charge on any atom is -0.480 e. The van der Waals surface area contributed by atoms with Crippen LogP contribution >= 0.6 is 0 Å². The molecule has 0 aliphatic heterocycles. The van der Waals surface area contributed by atoms with E-state index in [0.717, 1.165) is 11.2 Å². The lowest BCUT2D eigenvalue weighted by Crippen LogP contribution is -2.48. The number of nitrogens with one attached hydrogen (secondary N) is 1.